The van der Waals surface area contributed by atoms with Crippen LogP contribution in [0.3, 0.4) is 0 Å². The van der Waals surface area contributed by atoms with Gasteiger partial charge in [-0.2, -0.15) is 0 Å². The Hall–Kier alpha value is -2.04. The standard InChI is InChI=1S/C22H34N2O3/c1-8-18-9-10-19(16(4)23-18)26-20(13-15(2)3)17-11-12-24(14-17)21(25)27-22(5,6)7/h8-10,15,17,20H,1,11-14H2,2-7H3. The molecular formula is C22H34N2O3. The second kappa shape index (κ2) is 8.77. The van der Waals surface area contributed by atoms with E-state index in [9.17, 15) is 4.79 Å². The number of amides is 1. The SMILES string of the molecule is C=Cc1ccc(OC(CC(C)C)C2CCN(C(=O)OC(C)(C)C)C2)c(C)n1. The van der Waals surface area contributed by atoms with Crippen LogP contribution in [0.15, 0.2) is 18.7 Å². The molecule has 5 heteroatoms. The van der Waals surface area contributed by atoms with Gasteiger partial charge in [0.05, 0.1) is 11.4 Å². The van der Waals surface area contributed by atoms with Crippen LogP contribution >= 0.6 is 0 Å². The quantitative estimate of drug-likeness (QED) is 0.696. The van der Waals surface area contributed by atoms with E-state index in [0.717, 1.165) is 30.0 Å². The molecule has 1 aliphatic heterocycles. The third kappa shape index (κ3) is 6.26. The maximum atomic E-state index is 12.4. The Balaban J connectivity index is 2.08. The Bertz CT molecular complexity index is 664. The number of aromatic nitrogens is 1. The summed E-state index contributed by atoms with van der Waals surface area (Å²) >= 11 is 0. The minimum Gasteiger partial charge on any atom is -0.488 e. The summed E-state index contributed by atoms with van der Waals surface area (Å²) in [5, 5.41) is 0. The van der Waals surface area contributed by atoms with Gasteiger partial charge in [-0.1, -0.05) is 20.4 Å². The Morgan fingerprint density at radius 1 is 1.41 bits per heavy atom. The van der Waals surface area contributed by atoms with E-state index in [-0.39, 0.29) is 12.2 Å². The molecule has 27 heavy (non-hydrogen) atoms. The van der Waals surface area contributed by atoms with Crippen molar-refractivity contribution in [2.24, 2.45) is 11.8 Å². The van der Waals surface area contributed by atoms with Crippen LogP contribution in [0.5, 0.6) is 5.75 Å². The lowest BCUT2D eigenvalue weighted by atomic mass is 9.93. The number of nitrogens with zero attached hydrogens (tertiary/aromatic N) is 2. The molecule has 2 atom stereocenters. The van der Waals surface area contributed by atoms with E-state index < -0.39 is 5.60 Å². The van der Waals surface area contributed by atoms with Gasteiger partial charge < -0.3 is 14.4 Å². The van der Waals surface area contributed by atoms with E-state index in [0.29, 0.717) is 24.9 Å². The normalized spacial score (nSPS) is 18.5. The molecule has 1 aromatic heterocycles. The largest absolute Gasteiger partial charge is 0.488 e. The van der Waals surface area contributed by atoms with Crippen LogP contribution in [0.4, 0.5) is 4.79 Å². The van der Waals surface area contributed by atoms with Crippen molar-refractivity contribution in [1.29, 1.82) is 0 Å². The number of likely N-dealkylation sites (tertiary alicyclic amines) is 1. The van der Waals surface area contributed by atoms with Crippen LogP contribution in [0.25, 0.3) is 6.08 Å². The molecule has 0 radical (unpaired) electrons. The van der Waals surface area contributed by atoms with Crippen molar-refractivity contribution in [3.8, 4) is 5.75 Å². The number of rotatable bonds is 6. The first kappa shape index (κ1) is 21.3. The molecule has 1 aliphatic rings. The number of carbonyl (C=O) groups is 1. The number of hydrogen-bond acceptors (Lipinski definition) is 4. The predicted octanol–water partition coefficient (Wildman–Crippen LogP) is 5.08. The minimum atomic E-state index is -0.474. The zero-order valence-corrected chi connectivity index (χ0v) is 17.6. The summed E-state index contributed by atoms with van der Waals surface area (Å²) in [5.74, 6) is 1.60. The molecule has 1 aromatic rings. The Kier molecular flexibility index (Phi) is 6.90. The van der Waals surface area contributed by atoms with Crippen LogP contribution < -0.4 is 4.74 Å². The highest BCUT2D eigenvalue weighted by molar-refractivity contribution is 5.68. The molecule has 2 heterocycles. The van der Waals surface area contributed by atoms with Crippen molar-refractivity contribution in [2.45, 2.75) is 66.1 Å². The molecule has 1 amide bonds. The summed E-state index contributed by atoms with van der Waals surface area (Å²) in [6, 6.07) is 3.89. The van der Waals surface area contributed by atoms with Gasteiger partial charge in [0.25, 0.3) is 0 Å². The number of carbonyl (C=O) groups excluding carboxylic acids is 1. The molecule has 150 valence electrons. The van der Waals surface area contributed by atoms with Crippen molar-refractivity contribution in [3.63, 3.8) is 0 Å². The Morgan fingerprint density at radius 2 is 2.11 bits per heavy atom. The Morgan fingerprint density at radius 3 is 2.67 bits per heavy atom. The topological polar surface area (TPSA) is 51.7 Å². The van der Waals surface area contributed by atoms with Crippen molar-refractivity contribution in [3.05, 3.63) is 30.1 Å². The summed E-state index contributed by atoms with van der Waals surface area (Å²) in [4.78, 5) is 18.7. The van der Waals surface area contributed by atoms with Gasteiger partial charge in [0.2, 0.25) is 0 Å². The highest BCUT2D eigenvalue weighted by atomic mass is 16.6. The van der Waals surface area contributed by atoms with Gasteiger partial charge in [-0.05, 0) is 64.7 Å². The van der Waals surface area contributed by atoms with Gasteiger partial charge in [-0.15, -0.1) is 0 Å². The first-order valence-electron chi connectivity index (χ1n) is 9.83. The van der Waals surface area contributed by atoms with E-state index in [1.165, 1.54) is 0 Å². The summed E-state index contributed by atoms with van der Waals surface area (Å²) in [7, 11) is 0. The fourth-order valence-corrected chi connectivity index (χ4v) is 3.35. The van der Waals surface area contributed by atoms with E-state index in [4.69, 9.17) is 9.47 Å². The van der Waals surface area contributed by atoms with E-state index in [1.807, 2.05) is 39.8 Å². The summed E-state index contributed by atoms with van der Waals surface area (Å²) in [5.41, 5.74) is 1.24. The molecule has 1 fully saturated rings. The van der Waals surface area contributed by atoms with E-state index in [2.05, 4.69) is 25.4 Å². The fourth-order valence-electron chi connectivity index (χ4n) is 3.35. The maximum absolute atomic E-state index is 12.4. The third-order valence-electron chi connectivity index (χ3n) is 4.65. The highest BCUT2D eigenvalue weighted by Gasteiger charge is 2.35. The van der Waals surface area contributed by atoms with E-state index >= 15 is 0 Å². The van der Waals surface area contributed by atoms with Gasteiger partial charge in [-0.3, -0.25) is 0 Å². The maximum Gasteiger partial charge on any atom is 0.410 e. The fraction of sp³-hybridized carbons (Fsp3) is 0.636. The van der Waals surface area contributed by atoms with Crippen LogP contribution in [0.2, 0.25) is 0 Å². The van der Waals surface area contributed by atoms with Crippen molar-refractivity contribution in [1.82, 2.24) is 9.88 Å². The zero-order chi connectivity index (χ0) is 20.2. The summed E-state index contributed by atoms with van der Waals surface area (Å²) in [6.07, 6.45) is 3.41. The number of hydrogen-bond donors (Lipinski definition) is 0. The van der Waals surface area contributed by atoms with Crippen LogP contribution in [0, 0.1) is 18.8 Å². The minimum absolute atomic E-state index is 0.0486. The molecule has 0 aromatic carbocycles. The van der Waals surface area contributed by atoms with Crippen molar-refractivity contribution in [2.75, 3.05) is 13.1 Å². The third-order valence-corrected chi connectivity index (χ3v) is 4.65. The average Bonchev–Trinajstić information content (AvgIpc) is 3.04. The lowest BCUT2D eigenvalue weighted by molar-refractivity contribution is 0.0270. The van der Waals surface area contributed by atoms with Gasteiger partial charge in [0, 0.05) is 19.0 Å². The van der Waals surface area contributed by atoms with Gasteiger partial charge in [0.15, 0.2) is 0 Å². The first-order chi connectivity index (χ1) is 12.6. The second-order valence-electron chi connectivity index (χ2n) is 8.78. The monoisotopic (exact) mass is 374 g/mol. The smallest absolute Gasteiger partial charge is 0.410 e. The van der Waals surface area contributed by atoms with Gasteiger partial charge in [-0.25, -0.2) is 9.78 Å². The molecule has 0 N–H and O–H groups in total. The lowest BCUT2D eigenvalue weighted by Gasteiger charge is -2.28. The lowest BCUT2D eigenvalue weighted by Crippen LogP contribution is -2.37. The molecule has 1 saturated heterocycles. The summed E-state index contributed by atoms with van der Waals surface area (Å²) < 4.78 is 11.9. The second-order valence-corrected chi connectivity index (χ2v) is 8.78. The molecular weight excluding hydrogens is 340 g/mol. The average molecular weight is 375 g/mol. The molecule has 0 aliphatic carbocycles. The molecule has 2 unspecified atom stereocenters. The zero-order valence-electron chi connectivity index (χ0n) is 17.6. The van der Waals surface area contributed by atoms with Crippen LogP contribution in [-0.2, 0) is 4.74 Å². The number of aryl methyl sites for hydroxylation is 1. The highest BCUT2D eigenvalue weighted by Crippen LogP contribution is 2.30. The van der Waals surface area contributed by atoms with Crippen LogP contribution in [0.1, 0.15) is 58.8 Å². The van der Waals surface area contributed by atoms with Crippen molar-refractivity contribution < 1.29 is 14.3 Å². The molecule has 0 bridgehead atoms. The molecule has 0 saturated carbocycles. The molecule has 5 nitrogen and oxygen atoms in total. The van der Waals surface area contributed by atoms with Gasteiger partial charge >= 0.3 is 6.09 Å². The molecule has 0 spiro atoms. The van der Waals surface area contributed by atoms with Crippen molar-refractivity contribution >= 4 is 12.2 Å². The van der Waals surface area contributed by atoms with E-state index in [1.54, 1.807) is 11.0 Å². The van der Waals surface area contributed by atoms with Gasteiger partial charge in [0.1, 0.15) is 17.5 Å². The number of ether oxygens (including phenoxy) is 2. The number of pyridine rings is 1. The Labute approximate surface area is 163 Å². The summed E-state index contributed by atoms with van der Waals surface area (Å²) in [6.45, 7) is 17.2. The predicted molar refractivity (Wildman–Crippen MR) is 109 cm³/mol. The first-order valence-corrected chi connectivity index (χ1v) is 9.83. The van der Waals surface area contributed by atoms with Crippen LogP contribution in [-0.4, -0.2) is 40.8 Å². The molecule has 2 rings (SSSR count).